The van der Waals surface area contributed by atoms with Crippen LogP contribution in [-0.4, -0.2) is 20.0 Å². The molecular formula is C13H12ClN5O. The zero-order valence-electron chi connectivity index (χ0n) is 10.5. The van der Waals surface area contributed by atoms with Crippen LogP contribution in [0.25, 0.3) is 11.3 Å². The Kier molecular flexibility index (Phi) is 3.49. The zero-order valence-corrected chi connectivity index (χ0v) is 11.3. The zero-order chi connectivity index (χ0) is 13.9. The average Bonchev–Trinajstić information content (AvgIpc) is 3.08. The highest BCUT2D eigenvalue weighted by atomic mass is 35.5. The van der Waals surface area contributed by atoms with Gasteiger partial charge in [0.25, 0.3) is 0 Å². The molecule has 102 valence electrons. The highest BCUT2D eigenvalue weighted by molar-refractivity contribution is 6.30. The topological polar surface area (TPSA) is 82.8 Å². The largest absolute Gasteiger partial charge is 0.439 e. The van der Waals surface area contributed by atoms with Crippen molar-refractivity contribution in [2.45, 2.75) is 13.1 Å². The molecule has 0 aliphatic heterocycles. The number of halogens is 1. The van der Waals surface area contributed by atoms with E-state index in [0.717, 1.165) is 11.3 Å². The quantitative estimate of drug-likeness (QED) is 0.795. The smallest absolute Gasteiger partial charge is 0.216 e. The van der Waals surface area contributed by atoms with E-state index in [-0.39, 0.29) is 0 Å². The first-order valence-electron chi connectivity index (χ1n) is 6.04. The number of hydrogen-bond donors (Lipinski definition) is 1. The molecule has 7 heteroatoms. The van der Waals surface area contributed by atoms with Crippen LogP contribution in [0.3, 0.4) is 0 Å². The highest BCUT2D eigenvalue weighted by Crippen LogP contribution is 2.23. The Hall–Kier alpha value is -2.18. The molecule has 0 bridgehead atoms. The maximum atomic E-state index is 5.95. The van der Waals surface area contributed by atoms with Gasteiger partial charge in [0.05, 0.1) is 18.1 Å². The molecule has 0 radical (unpaired) electrons. The molecule has 0 aliphatic carbocycles. The Labute approximate surface area is 120 Å². The minimum atomic E-state index is 0.360. The number of hydrogen-bond acceptors (Lipinski definition) is 5. The maximum absolute atomic E-state index is 5.95. The van der Waals surface area contributed by atoms with E-state index in [1.807, 2.05) is 24.3 Å². The molecular weight excluding hydrogens is 278 g/mol. The van der Waals surface area contributed by atoms with E-state index in [4.69, 9.17) is 21.8 Å². The van der Waals surface area contributed by atoms with Crippen molar-refractivity contribution in [1.29, 1.82) is 0 Å². The Bertz CT molecular complexity index is 721. The van der Waals surface area contributed by atoms with Gasteiger partial charge in [0, 0.05) is 17.1 Å². The first-order chi connectivity index (χ1) is 9.74. The van der Waals surface area contributed by atoms with Gasteiger partial charge in [0.1, 0.15) is 6.54 Å². The first kappa shape index (κ1) is 12.8. The molecule has 2 aromatic heterocycles. The van der Waals surface area contributed by atoms with Gasteiger partial charge in [-0.3, -0.25) is 0 Å². The van der Waals surface area contributed by atoms with Crippen LogP contribution in [0.15, 0.2) is 41.1 Å². The lowest BCUT2D eigenvalue weighted by molar-refractivity contribution is 0.469. The Balaban J connectivity index is 1.80. The van der Waals surface area contributed by atoms with E-state index in [1.165, 1.54) is 0 Å². The maximum Gasteiger partial charge on any atom is 0.216 e. The molecule has 3 aromatic rings. The number of benzene rings is 1. The highest BCUT2D eigenvalue weighted by Gasteiger charge is 2.08. The standard InChI is InChI=1S/C13H12ClN5O/c14-10-3-1-2-9(4-10)12-6-16-13(20-12)8-19-7-11(5-15)17-18-19/h1-4,6-7H,5,8,15H2. The predicted molar refractivity (Wildman–Crippen MR) is 74.0 cm³/mol. The molecule has 1 aromatic carbocycles. The van der Waals surface area contributed by atoms with Crippen molar-refractivity contribution in [3.8, 4) is 11.3 Å². The number of oxazole rings is 1. The fourth-order valence-electron chi connectivity index (χ4n) is 1.81. The van der Waals surface area contributed by atoms with Crippen LogP contribution < -0.4 is 5.73 Å². The van der Waals surface area contributed by atoms with Gasteiger partial charge in [0.2, 0.25) is 5.89 Å². The van der Waals surface area contributed by atoms with Crippen LogP contribution in [0.2, 0.25) is 5.02 Å². The SMILES string of the molecule is NCc1cn(Cc2ncc(-c3cccc(Cl)c3)o2)nn1. The minimum absolute atomic E-state index is 0.360. The van der Waals surface area contributed by atoms with Gasteiger partial charge >= 0.3 is 0 Å². The van der Waals surface area contributed by atoms with Gasteiger partial charge in [-0.15, -0.1) is 5.10 Å². The number of aromatic nitrogens is 4. The van der Waals surface area contributed by atoms with Gasteiger partial charge in [0.15, 0.2) is 5.76 Å². The third-order valence-corrected chi connectivity index (χ3v) is 2.99. The third kappa shape index (κ3) is 2.71. The van der Waals surface area contributed by atoms with E-state index in [0.29, 0.717) is 29.8 Å². The molecule has 0 atom stereocenters. The van der Waals surface area contributed by atoms with Crippen LogP contribution >= 0.6 is 11.6 Å². The summed E-state index contributed by atoms with van der Waals surface area (Å²) >= 11 is 5.95. The molecule has 0 aliphatic rings. The third-order valence-electron chi connectivity index (χ3n) is 2.76. The number of nitrogens with zero attached hydrogens (tertiary/aromatic N) is 4. The summed E-state index contributed by atoms with van der Waals surface area (Å²) in [5, 5.41) is 8.51. The number of nitrogens with two attached hydrogens (primary N) is 1. The van der Waals surface area contributed by atoms with Crippen LogP contribution in [0.1, 0.15) is 11.6 Å². The molecule has 0 unspecified atom stereocenters. The van der Waals surface area contributed by atoms with Crippen molar-refractivity contribution in [1.82, 2.24) is 20.0 Å². The summed E-state index contributed by atoms with van der Waals surface area (Å²) in [6.45, 7) is 0.771. The van der Waals surface area contributed by atoms with Crippen molar-refractivity contribution in [3.63, 3.8) is 0 Å². The summed E-state index contributed by atoms with van der Waals surface area (Å²) in [6, 6.07) is 7.42. The Morgan fingerprint density at radius 2 is 2.25 bits per heavy atom. The van der Waals surface area contributed by atoms with Crippen molar-refractivity contribution in [3.05, 3.63) is 53.3 Å². The molecule has 0 saturated heterocycles. The molecule has 3 rings (SSSR count). The minimum Gasteiger partial charge on any atom is -0.439 e. The van der Waals surface area contributed by atoms with Crippen molar-refractivity contribution >= 4 is 11.6 Å². The second kappa shape index (κ2) is 5.44. The van der Waals surface area contributed by atoms with Gasteiger partial charge in [-0.25, -0.2) is 9.67 Å². The second-order valence-electron chi connectivity index (χ2n) is 4.24. The monoisotopic (exact) mass is 289 g/mol. The van der Waals surface area contributed by atoms with E-state index in [1.54, 1.807) is 17.1 Å². The molecule has 6 nitrogen and oxygen atoms in total. The van der Waals surface area contributed by atoms with Gasteiger partial charge in [-0.2, -0.15) is 0 Å². The molecule has 20 heavy (non-hydrogen) atoms. The van der Waals surface area contributed by atoms with Crippen LogP contribution in [-0.2, 0) is 13.1 Å². The van der Waals surface area contributed by atoms with E-state index in [2.05, 4.69) is 15.3 Å². The molecule has 0 fully saturated rings. The van der Waals surface area contributed by atoms with E-state index >= 15 is 0 Å². The summed E-state index contributed by atoms with van der Waals surface area (Å²) in [6.07, 6.45) is 3.44. The predicted octanol–water partition coefficient (Wildman–Crippen LogP) is 2.09. The van der Waals surface area contributed by atoms with Gasteiger partial charge < -0.3 is 10.2 Å². The van der Waals surface area contributed by atoms with E-state index < -0.39 is 0 Å². The fourth-order valence-corrected chi connectivity index (χ4v) is 2.00. The lowest BCUT2D eigenvalue weighted by atomic mass is 10.2. The average molecular weight is 290 g/mol. The Morgan fingerprint density at radius 1 is 1.35 bits per heavy atom. The van der Waals surface area contributed by atoms with Gasteiger partial charge in [-0.1, -0.05) is 28.9 Å². The first-order valence-corrected chi connectivity index (χ1v) is 6.42. The molecule has 2 N–H and O–H groups in total. The lowest BCUT2D eigenvalue weighted by Crippen LogP contribution is -2.00. The van der Waals surface area contributed by atoms with E-state index in [9.17, 15) is 0 Å². The number of rotatable bonds is 4. The van der Waals surface area contributed by atoms with Crippen molar-refractivity contribution < 1.29 is 4.42 Å². The molecule has 2 heterocycles. The molecule has 0 amide bonds. The Morgan fingerprint density at radius 3 is 3.00 bits per heavy atom. The summed E-state index contributed by atoms with van der Waals surface area (Å²) < 4.78 is 7.32. The van der Waals surface area contributed by atoms with Crippen LogP contribution in [0.5, 0.6) is 0 Å². The van der Waals surface area contributed by atoms with Crippen molar-refractivity contribution in [2.24, 2.45) is 5.73 Å². The second-order valence-corrected chi connectivity index (χ2v) is 4.68. The normalized spacial score (nSPS) is 10.9. The van der Waals surface area contributed by atoms with Crippen molar-refractivity contribution in [2.75, 3.05) is 0 Å². The van der Waals surface area contributed by atoms with Crippen LogP contribution in [0.4, 0.5) is 0 Å². The van der Waals surface area contributed by atoms with Crippen LogP contribution in [0, 0.1) is 0 Å². The summed E-state index contributed by atoms with van der Waals surface area (Å²) in [7, 11) is 0. The molecule has 0 spiro atoms. The summed E-state index contributed by atoms with van der Waals surface area (Å²) in [5.74, 6) is 1.22. The summed E-state index contributed by atoms with van der Waals surface area (Å²) in [5.41, 5.74) is 7.10. The lowest BCUT2D eigenvalue weighted by Gasteiger charge is -1.97. The fraction of sp³-hybridized carbons (Fsp3) is 0.154. The summed E-state index contributed by atoms with van der Waals surface area (Å²) in [4.78, 5) is 4.22. The van der Waals surface area contributed by atoms with Gasteiger partial charge in [-0.05, 0) is 12.1 Å². The molecule has 0 saturated carbocycles.